The van der Waals surface area contributed by atoms with Crippen LogP contribution in [0.25, 0.3) is 0 Å². The predicted molar refractivity (Wildman–Crippen MR) is 141 cm³/mol. The predicted octanol–water partition coefficient (Wildman–Crippen LogP) is 2.70. The highest BCUT2D eigenvalue weighted by Crippen LogP contribution is 2.39. The van der Waals surface area contributed by atoms with Crippen molar-refractivity contribution in [2.24, 2.45) is 5.92 Å². The first-order valence-electron chi connectivity index (χ1n) is 13.6. The van der Waals surface area contributed by atoms with Gasteiger partial charge in [0.15, 0.2) is 6.23 Å². The van der Waals surface area contributed by atoms with Crippen LogP contribution in [0.4, 0.5) is 0 Å². The lowest BCUT2D eigenvalue weighted by Gasteiger charge is -2.33. The number of allylic oxidation sites excluding steroid dienone is 1. The fourth-order valence-corrected chi connectivity index (χ4v) is 6.21. The number of aliphatic carboxylic acids is 1. The van der Waals surface area contributed by atoms with Crippen LogP contribution in [-0.4, -0.2) is 73.0 Å². The lowest BCUT2D eigenvalue weighted by molar-refractivity contribution is -0.140. The molecule has 3 N–H and O–H groups in total. The first-order valence-corrected chi connectivity index (χ1v) is 13.6. The van der Waals surface area contributed by atoms with Gasteiger partial charge in [0, 0.05) is 28.0 Å². The number of nitrogens with zero attached hydrogens (tertiary/aromatic N) is 2. The van der Waals surface area contributed by atoms with Crippen molar-refractivity contribution in [2.45, 2.75) is 63.0 Å². The Bertz CT molecular complexity index is 1500. The third kappa shape index (κ3) is 4.60. The molecule has 0 fully saturated rings. The molecule has 3 amide bonds. The molecule has 5 atom stereocenters. The zero-order valence-corrected chi connectivity index (χ0v) is 21.9. The number of fused-ring (bicyclic) bond motifs is 1. The SMILES string of the molecule is O=C(O)c1ccc2c(c1)C(=O)N(C1=CCC(OC3C=CC(N4C(=O)C5=C(CC(C(=O)O)C=C5)C4=O)CC3)CC1)C2O. The van der Waals surface area contributed by atoms with Crippen molar-refractivity contribution >= 4 is 29.7 Å². The number of aliphatic hydroxyl groups excluding tert-OH is 1. The Labute approximate surface area is 234 Å². The van der Waals surface area contributed by atoms with Gasteiger partial charge in [0.25, 0.3) is 17.7 Å². The van der Waals surface area contributed by atoms with Crippen LogP contribution >= 0.6 is 0 Å². The van der Waals surface area contributed by atoms with Gasteiger partial charge in [-0.25, -0.2) is 4.79 Å². The summed E-state index contributed by atoms with van der Waals surface area (Å²) in [7, 11) is 0. The summed E-state index contributed by atoms with van der Waals surface area (Å²) in [6.07, 6.45) is 9.65. The standard InChI is InChI=1S/C30H28N2O9/c33-25-21-11-1-15(29(37)38)13-23(21)27(35)31(25)17-3-7-19(8-4-17)41-20-9-5-18(6-10-20)32-26(34)22-12-2-16(30(39)40)14-24(22)28(32)36/h1-3,5,7,11-12,14-15,17,19-20,26,34H,4,6,8-10,13H2,(H,37,38)(H,39,40). The number of aromatic carboxylic acids is 1. The summed E-state index contributed by atoms with van der Waals surface area (Å²) in [5.41, 5.74) is 1.74. The minimum atomic E-state index is -1.18. The number of carboxylic acids is 2. The van der Waals surface area contributed by atoms with Crippen LogP contribution < -0.4 is 0 Å². The van der Waals surface area contributed by atoms with Crippen molar-refractivity contribution < 1.29 is 44.0 Å². The van der Waals surface area contributed by atoms with E-state index in [1.165, 1.54) is 40.2 Å². The summed E-state index contributed by atoms with van der Waals surface area (Å²) >= 11 is 0. The number of carbonyl (C=O) groups excluding carboxylic acids is 3. The van der Waals surface area contributed by atoms with Crippen LogP contribution in [0.2, 0.25) is 0 Å². The summed E-state index contributed by atoms with van der Waals surface area (Å²) < 4.78 is 6.26. The first kappa shape index (κ1) is 26.9. The maximum Gasteiger partial charge on any atom is 0.335 e. The van der Waals surface area contributed by atoms with E-state index in [-0.39, 0.29) is 40.9 Å². The molecule has 212 valence electrons. The highest BCUT2D eigenvalue weighted by molar-refractivity contribution is 6.21. The zero-order chi connectivity index (χ0) is 29.0. The Kier molecular flexibility index (Phi) is 6.71. The first-order chi connectivity index (χ1) is 19.6. The molecule has 5 aliphatic rings. The molecule has 1 aromatic carbocycles. The Balaban J connectivity index is 1.06. The quantitative estimate of drug-likeness (QED) is 0.351. The topological polar surface area (TPSA) is 162 Å². The van der Waals surface area contributed by atoms with E-state index in [1.54, 1.807) is 6.08 Å². The average Bonchev–Trinajstić information content (AvgIpc) is 3.37. The van der Waals surface area contributed by atoms with E-state index in [0.29, 0.717) is 43.4 Å². The third-order valence-corrected chi connectivity index (χ3v) is 8.40. The minimum Gasteiger partial charge on any atom is -0.481 e. The van der Waals surface area contributed by atoms with Gasteiger partial charge in [-0.2, -0.15) is 0 Å². The second kappa shape index (κ2) is 10.2. The van der Waals surface area contributed by atoms with Crippen LogP contribution in [0, 0.1) is 5.92 Å². The van der Waals surface area contributed by atoms with Gasteiger partial charge in [-0.3, -0.25) is 29.0 Å². The van der Waals surface area contributed by atoms with Crippen molar-refractivity contribution in [1.82, 2.24) is 9.80 Å². The van der Waals surface area contributed by atoms with E-state index in [2.05, 4.69) is 0 Å². The average molecular weight is 561 g/mol. The van der Waals surface area contributed by atoms with Crippen molar-refractivity contribution in [3.8, 4) is 0 Å². The zero-order valence-electron chi connectivity index (χ0n) is 21.9. The number of aliphatic hydroxyl groups is 1. The molecule has 2 heterocycles. The molecule has 6 rings (SSSR count). The summed E-state index contributed by atoms with van der Waals surface area (Å²) in [5, 5.41) is 29.3. The Morgan fingerprint density at radius 2 is 1.73 bits per heavy atom. The number of carbonyl (C=O) groups is 5. The van der Waals surface area contributed by atoms with Crippen molar-refractivity contribution in [3.63, 3.8) is 0 Å². The van der Waals surface area contributed by atoms with Gasteiger partial charge in [-0.05, 0) is 50.7 Å². The highest BCUT2D eigenvalue weighted by Gasteiger charge is 2.44. The fourth-order valence-electron chi connectivity index (χ4n) is 6.21. The number of rotatable bonds is 6. The molecule has 0 bridgehead atoms. The molecule has 0 saturated heterocycles. The van der Waals surface area contributed by atoms with Crippen molar-refractivity contribution in [1.29, 1.82) is 0 Å². The van der Waals surface area contributed by atoms with Crippen LogP contribution in [-0.2, 0) is 19.1 Å². The van der Waals surface area contributed by atoms with Gasteiger partial charge in [0.1, 0.15) is 0 Å². The summed E-state index contributed by atoms with van der Waals surface area (Å²) in [5.74, 6) is -4.25. The Hall–Kier alpha value is -4.35. The molecule has 3 aliphatic carbocycles. The van der Waals surface area contributed by atoms with Crippen molar-refractivity contribution in [3.05, 3.63) is 82.1 Å². The number of benzene rings is 1. The monoisotopic (exact) mass is 560 g/mol. The summed E-state index contributed by atoms with van der Waals surface area (Å²) in [4.78, 5) is 64.1. The van der Waals surface area contributed by atoms with Gasteiger partial charge in [0.2, 0.25) is 0 Å². The molecule has 1 aromatic rings. The lowest BCUT2D eigenvalue weighted by Crippen LogP contribution is -2.42. The van der Waals surface area contributed by atoms with E-state index >= 15 is 0 Å². The second-order valence-corrected chi connectivity index (χ2v) is 10.8. The fraction of sp³-hybridized carbons (Fsp3) is 0.367. The molecule has 0 spiro atoms. The normalized spacial score (nSPS) is 29.1. The van der Waals surface area contributed by atoms with E-state index < -0.39 is 47.8 Å². The number of hydrogen-bond acceptors (Lipinski definition) is 7. The Morgan fingerprint density at radius 3 is 2.39 bits per heavy atom. The van der Waals surface area contributed by atoms with Crippen LogP contribution in [0.1, 0.15) is 71.0 Å². The molecule has 2 aliphatic heterocycles. The largest absolute Gasteiger partial charge is 0.481 e. The Morgan fingerprint density at radius 1 is 0.927 bits per heavy atom. The number of ether oxygens (including phenoxy) is 1. The van der Waals surface area contributed by atoms with Crippen molar-refractivity contribution in [2.75, 3.05) is 0 Å². The molecular weight excluding hydrogens is 532 g/mol. The smallest absolute Gasteiger partial charge is 0.335 e. The van der Waals surface area contributed by atoms with Gasteiger partial charge < -0.3 is 20.1 Å². The van der Waals surface area contributed by atoms with Crippen LogP contribution in [0.3, 0.4) is 0 Å². The minimum absolute atomic E-state index is 0.0110. The number of amides is 3. The van der Waals surface area contributed by atoms with Gasteiger partial charge in [-0.15, -0.1) is 0 Å². The van der Waals surface area contributed by atoms with E-state index in [4.69, 9.17) is 4.74 Å². The molecule has 0 radical (unpaired) electrons. The van der Waals surface area contributed by atoms with E-state index in [0.717, 1.165) is 0 Å². The molecule has 41 heavy (non-hydrogen) atoms. The van der Waals surface area contributed by atoms with Crippen LogP contribution in [0.15, 0.2) is 65.4 Å². The maximum atomic E-state index is 13.0. The molecule has 11 heteroatoms. The van der Waals surface area contributed by atoms with E-state index in [1.807, 2.05) is 12.2 Å². The molecule has 5 unspecified atom stereocenters. The summed E-state index contributed by atoms with van der Waals surface area (Å²) in [6.45, 7) is 0. The van der Waals surface area contributed by atoms with Crippen LogP contribution in [0.5, 0.6) is 0 Å². The molecular formula is C30H28N2O9. The van der Waals surface area contributed by atoms with Gasteiger partial charge >= 0.3 is 11.9 Å². The van der Waals surface area contributed by atoms with Gasteiger partial charge in [-0.1, -0.05) is 36.4 Å². The highest BCUT2D eigenvalue weighted by atomic mass is 16.5. The summed E-state index contributed by atoms with van der Waals surface area (Å²) in [6, 6.07) is 3.70. The molecule has 11 nitrogen and oxygen atoms in total. The number of hydrogen-bond donors (Lipinski definition) is 3. The third-order valence-electron chi connectivity index (χ3n) is 8.40. The molecule has 0 saturated carbocycles. The van der Waals surface area contributed by atoms with E-state index in [9.17, 15) is 39.3 Å². The lowest BCUT2D eigenvalue weighted by atomic mass is 9.91. The number of imide groups is 1. The number of carboxylic acid groups (broad SMARTS) is 2. The second-order valence-electron chi connectivity index (χ2n) is 10.8. The maximum absolute atomic E-state index is 13.0. The molecule has 0 aromatic heterocycles. The van der Waals surface area contributed by atoms with Gasteiger partial charge in [0.05, 0.1) is 29.7 Å².